The van der Waals surface area contributed by atoms with Gasteiger partial charge in [-0.05, 0) is 55.3 Å². The highest BCUT2D eigenvalue weighted by molar-refractivity contribution is 7.92. The van der Waals surface area contributed by atoms with Gasteiger partial charge in [0.15, 0.2) is 0 Å². The zero-order valence-corrected chi connectivity index (χ0v) is 19.3. The minimum absolute atomic E-state index is 0.0336. The van der Waals surface area contributed by atoms with Crippen molar-refractivity contribution in [3.63, 3.8) is 0 Å². The smallest absolute Gasteiger partial charge is 0.331 e. The maximum absolute atomic E-state index is 13.4. The zero-order valence-electron chi connectivity index (χ0n) is 17.7. The summed E-state index contributed by atoms with van der Waals surface area (Å²) >= 11 is 5.93. The molecule has 9 heteroatoms. The van der Waals surface area contributed by atoms with E-state index < -0.39 is 27.4 Å². The highest BCUT2D eigenvalue weighted by Crippen LogP contribution is 2.31. The fraction of sp³-hybridized carbons (Fsp3) is 0.304. The van der Waals surface area contributed by atoms with Crippen LogP contribution in [0.5, 0.6) is 0 Å². The molecule has 0 bridgehead atoms. The lowest BCUT2D eigenvalue weighted by Gasteiger charge is -2.27. The molecule has 0 aliphatic heterocycles. The summed E-state index contributed by atoms with van der Waals surface area (Å²) in [4.78, 5) is 25.2. The Morgan fingerprint density at radius 3 is 2.44 bits per heavy atom. The number of sulfonamides is 1. The van der Waals surface area contributed by atoms with Gasteiger partial charge in [-0.15, -0.1) is 6.58 Å². The summed E-state index contributed by atoms with van der Waals surface area (Å²) in [6.45, 7) is 3.68. The molecule has 1 fully saturated rings. The molecule has 0 heterocycles. The Bertz CT molecular complexity index is 1110. The van der Waals surface area contributed by atoms with E-state index in [1.165, 1.54) is 41.8 Å². The van der Waals surface area contributed by atoms with Crippen LogP contribution in [0.25, 0.3) is 0 Å². The molecule has 1 aliphatic rings. The number of benzene rings is 2. The standard InChI is InChI=1S/C23H25ClN2O5S/c1-3-15-26(19-11-9-18(24)10-12-19)32(29,30)20-8-6-7-17(16-20)21(27)25-23(22(28)31-2)13-4-5-14-23/h3,6-12,16H,1,4-5,13-15H2,2H3,(H,25,27). The number of hydrogen-bond acceptors (Lipinski definition) is 5. The van der Waals surface area contributed by atoms with E-state index in [0.717, 1.165) is 12.8 Å². The molecule has 1 saturated carbocycles. The van der Waals surface area contributed by atoms with E-state index in [2.05, 4.69) is 11.9 Å². The van der Waals surface area contributed by atoms with Gasteiger partial charge < -0.3 is 10.1 Å². The van der Waals surface area contributed by atoms with Crippen LogP contribution in [-0.2, 0) is 19.6 Å². The van der Waals surface area contributed by atoms with Crippen LogP contribution in [0.2, 0.25) is 5.02 Å². The Morgan fingerprint density at radius 1 is 1.19 bits per heavy atom. The van der Waals surface area contributed by atoms with Gasteiger partial charge in [0.1, 0.15) is 5.54 Å². The van der Waals surface area contributed by atoms with Crippen molar-refractivity contribution >= 4 is 39.2 Å². The molecule has 32 heavy (non-hydrogen) atoms. The second kappa shape index (κ2) is 9.75. The van der Waals surface area contributed by atoms with Crippen molar-refractivity contribution in [1.29, 1.82) is 0 Å². The monoisotopic (exact) mass is 476 g/mol. The second-order valence-corrected chi connectivity index (χ2v) is 9.86. The topological polar surface area (TPSA) is 92.8 Å². The minimum atomic E-state index is -4.00. The zero-order chi connectivity index (χ0) is 23.4. The number of ether oxygens (including phenoxy) is 1. The van der Waals surface area contributed by atoms with E-state index in [0.29, 0.717) is 23.6 Å². The van der Waals surface area contributed by atoms with Crippen LogP contribution >= 0.6 is 11.6 Å². The van der Waals surface area contributed by atoms with Gasteiger partial charge in [-0.25, -0.2) is 13.2 Å². The van der Waals surface area contributed by atoms with E-state index in [1.807, 2.05) is 0 Å². The first-order valence-electron chi connectivity index (χ1n) is 10.1. The molecule has 2 aromatic carbocycles. The first kappa shape index (κ1) is 23.8. The molecule has 0 unspecified atom stereocenters. The lowest BCUT2D eigenvalue weighted by molar-refractivity contribution is -0.148. The van der Waals surface area contributed by atoms with Crippen molar-refractivity contribution in [3.05, 3.63) is 71.8 Å². The number of rotatable bonds is 8. The molecule has 7 nitrogen and oxygen atoms in total. The van der Waals surface area contributed by atoms with Crippen LogP contribution in [-0.4, -0.2) is 39.5 Å². The molecule has 3 rings (SSSR count). The highest BCUT2D eigenvalue weighted by atomic mass is 35.5. The third-order valence-electron chi connectivity index (χ3n) is 5.48. The van der Waals surface area contributed by atoms with Crippen molar-refractivity contribution in [2.45, 2.75) is 36.1 Å². The van der Waals surface area contributed by atoms with Gasteiger partial charge in [0.05, 0.1) is 24.2 Å². The molecule has 2 aromatic rings. The van der Waals surface area contributed by atoms with Gasteiger partial charge in [-0.2, -0.15) is 0 Å². The molecule has 0 radical (unpaired) electrons. The van der Waals surface area contributed by atoms with Crippen molar-refractivity contribution in [3.8, 4) is 0 Å². The molecule has 0 atom stereocenters. The normalized spacial score (nSPS) is 15.1. The molecule has 0 saturated heterocycles. The fourth-order valence-corrected chi connectivity index (χ4v) is 5.44. The summed E-state index contributed by atoms with van der Waals surface area (Å²) in [6, 6.07) is 12.1. The first-order valence-corrected chi connectivity index (χ1v) is 12.0. The number of esters is 1. The summed E-state index contributed by atoms with van der Waals surface area (Å²) in [6.07, 6.45) is 4.02. The predicted molar refractivity (Wildman–Crippen MR) is 123 cm³/mol. The quantitative estimate of drug-likeness (QED) is 0.460. The van der Waals surface area contributed by atoms with Crippen LogP contribution in [0.15, 0.2) is 66.1 Å². The Kier molecular flexibility index (Phi) is 7.26. The average molecular weight is 477 g/mol. The van der Waals surface area contributed by atoms with Crippen molar-refractivity contribution in [2.24, 2.45) is 0 Å². The van der Waals surface area contributed by atoms with Gasteiger partial charge in [-0.1, -0.05) is 36.6 Å². The first-order chi connectivity index (χ1) is 15.2. The number of hydrogen-bond donors (Lipinski definition) is 1. The van der Waals surface area contributed by atoms with Crippen LogP contribution in [0, 0.1) is 0 Å². The van der Waals surface area contributed by atoms with Gasteiger partial charge in [0.25, 0.3) is 15.9 Å². The summed E-state index contributed by atoms with van der Waals surface area (Å²) < 4.78 is 32.8. The van der Waals surface area contributed by atoms with Crippen molar-refractivity contribution in [1.82, 2.24) is 5.32 Å². The van der Waals surface area contributed by atoms with E-state index in [1.54, 1.807) is 24.3 Å². The number of halogens is 1. The van der Waals surface area contributed by atoms with Gasteiger partial charge in [-0.3, -0.25) is 9.10 Å². The summed E-state index contributed by atoms with van der Waals surface area (Å²) in [5.74, 6) is -1.02. The van der Waals surface area contributed by atoms with Crippen LogP contribution in [0.1, 0.15) is 36.0 Å². The Balaban J connectivity index is 1.92. The lowest BCUT2D eigenvalue weighted by atomic mass is 9.97. The number of carbonyl (C=O) groups is 2. The average Bonchev–Trinajstić information content (AvgIpc) is 3.27. The molecule has 1 amide bonds. The summed E-state index contributed by atoms with van der Waals surface area (Å²) in [5.41, 5.74) is -0.533. The molecular formula is C23H25ClN2O5S. The maximum atomic E-state index is 13.4. The molecule has 1 aliphatic carbocycles. The minimum Gasteiger partial charge on any atom is -0.467 e. The maximum Gasteiger partial charge on any atom is 0.331 e. The van der Waals surface area contributed by atoms with Crippen molar-refractivity contribution < 1.29 is 22.7 Å². The highest BCUT2D eigenvalue weighted by Gasteiger charge is 2.43. The Labute approximate surface area is 193 Å². The number of carbonyl (C=O) groups excluding carboxylic acids is 2. The summed E-state index contributed by atoms with van der Waals surface area (Å²) in [7, 11) is -2.72. The van der Waals surface area contributed by atoms with E-state index in [4.69, 9.17) is 16.3 Å². The van der Waals surface area contributed by atoms with Crippen LogP contribution in [0.4, 0.5) is 5.69 Å². The van der Waals surface area contributed by atoms with Gasteiger partial charge >= 0.3 is 5.97 Å². The van der Waals surface area contributed by atoms with Gasteiger partial charge in [0.2, 0.25) is 0 Å². The largest absolute Gasteiger partial charge is 0.467 e. The van der Waals surface area contributed by atoms with E-state index in [-0.39, 0.29) is 17.0 Å². The third-order valence-corrected chi connectivity index (χ3v) is 7.52. The third kappa shape index (κ3) is 4.81. The number of anilines is 1. The molecule has 0 aromatic heterocycles. The SMILES string of the molecule is C=CCN(c1ccc(Cl)cc1)S(=O)(=O)c1cccc(C(=O)NC2(C(=O)OC)CCCC2)c1. The molecule has 1 N–H and O–H groups in total. The van der Waals surface area contributed by atoms with Crippen molar-refractivity contribution in [2.75, 3.05) is 18.0 Å². The summed E-state index contributed by atoms with van der Waals surface area (Å²) in [5, 5.41) is 3.26. The van der Waals surface area contributed by atoms with E-state index >= 15 is 0 Å². The lowest BCUT2D eigenvalue weighted by Crippen LogP contribution is -2.53. The molecule has 170 valence electrons. The second-order valence-electron chi connectivity index (χ2n) is 7.56. The number of nitrogens with zero attached hydrogens (tertiary/aromatic N) is 1. The molecular weight excluding hydrogens is 452 g/mol. The molecule has 0 spiro atoms. The number of methoxy groups -OCH3 is 1. The van der Waals surface area contributed by atoms with Crippen LogP contribution < -0.4 is 9.62 Å². The Hall–Kier alpha value is -2.84. The number of amides is 1. The predicted octanol–water partition coefficient (Wildman–Crippen LogP) is 3.94. The fourth-order valence-electron chi connectivity index (χ4n) is 3.84. The number of nitrogens with one attached hydrogen (secondary N) is 1. The van der Waals surface area contributed by atoms with Crippen LogP contribution in [0.3, 0.4) is 0 Å². The van der Waals surface area contributed by atoms with E-state index in [9.17, 15) is 18.0 Å². The Morgan fingerprint density at radius 2 is 1.84 bits per heavy atom. The van der Waals surface area contributed by atoms with Gasteiger partial charge in [0, 0.05) is 10.6 Å².